The number of rotatable bonds is 6. The van der Waals surface area contributed by atoms with Gasteiger partial charge < -0.3 is 10.1 Å². The minimum atomic E-state index is -0.289. The highest BCUT2D eigenvalue weighted by molar-refractivity contribution is 7.17. The summed E-state index contributed by atoms with van der Waals surface area (Å²) in [5.41, 5.74) is 1.70. The number of esters is 1. The first-order valence-corrected chi connectivity index (χ1v) is 8.60. The van der Waals surface area contributed by atoms with Crippen molar-refractivity contribution in [2.45, 2.75) is 58.8 Å². The van der Waals surface area contributed by atoms with E-state index in [1.165, 1.54) is 4.88 Å². The maximum Gasteiger partial charge on any atom is 0.341 e. The van der Waals surface area contributed by atoms with Crippen molar-refractivity contribution in [3.05, 3.63) is 16.0 Å². The predicted molar refractivity (Wildman–Crippen MR) is 85.1 cm³/mol. The summed E-state index contributed by atoms with van der Waals surface area (Å²) in [4.78, 5) is 25.4. The molecule has 0 spiro atoms. The fraction of sp³-hybridized carbons (Fsp3) is 0.625. The summed E-state index contributed by atoms with van der Waals surface area (Å²) in [6, 6.07) is 0. The lowest BCUT2D eigenvalue weighted by atomic mass is 9.95. The number of nitrogens with one attached hydrogen (secondary N) is 1. The summed E-state index contributed by atoms with van der Waals surface area (Å²) < 4.78 is 5.30. The van der Waals surface area contributed by atoms with Crippen molar-refractivity contribution >= 4 is 28.2 Å². The van der Waals surface area contributed by atoms with Gasteiger partial charge in [0.1, 0.15) is 5.00 Å². The van der Waals surface area contributed by atoms with Gasteiger partial charge >= 0.3 is 5.97 Å². The second-order valence-electron chi connectivity index (χ2n) is 5.35. The number of hydrogen-bond acceptors (Lipinski definition) is 4. The fourth-order valence-electron chi connectivity index (χ4n) is 2.55. The van der Waals surface area contributed by atoms with E-state index in [9.17, 15) is 9.59 Å². The molecule has 0 aromatic carbocycles. The Morgan fingerprint density at radius 2 is 1.95 bits per heavy atom. The highest BCUT2D eigenvalue weighted by atomic mass is 32.1. The largest absolute Gasteiger partial charge is 0.462 e. The quantitative estimate of drug-likeness (QED) is 0.810. The summed E-state index contributed by atoms with van der Waals surface area (Å²) >= 11 is 1.55. The minimum absolute atomic E-state index is 0.0272. The average molecular weight is 309 g/mol. The lowest BCUT2D eigenvalue weighted by molar-refractivity contribution is -0.116. The van der Waals surface area contributed by atoms with Gasteiger partial charge in [-0.05, 0) is 44.1 Å². The van der Waals surface area contributed by atoms with Gasteiger partial charge in [-0.2, -0.15) is 0 Å². The molecule has 1 aliphatic rings. The van der Waals surface area contributed by atoms with Gasteiger partial charge in [-0.15, -0.1) is 11.3 Å². The van der Waals surface area contributed by atoms with Gasteiger partial charge in [-0.25, -0.2) is 4.79 Å². The second kappa shape index (κ2) is 7.59. The molecule has 0 bridgehead atoms. The van der Waals surface area contributed by atoms with Crippen molar-refractivity contribution in [1.82, 2.24) is 0 Å². The molecule has 5 heteroatoms. The van der Waals surface area contributed by atoms with Gasteiger partial charge in [0.25, 0.3) is 0 Å². The van der Waals surface area contributed by atoms with Crippen LogP contribution in [0, 0.1) is 0 Å². The molecule has 1 aromatic rings. The van der Waals surface area contributed by atoms with Crippen LogP contribution in [0.1, 0.15) is 66.8 Å². The molecule has 1 amide bonds. The number of carbonyl (C=O) groups is 2. The highest BCUT2D eigenvalue weighted by Gasteiger charge is 2.27. The smallest absolute Gasteiger partial charge is 0.341 e. The molecule has 0 unspecified atom stereocenters. The van der Waals surface area contributed by atoms with Crippen LogP contribution in [0.5, 0.6) is 0 Å². The molecule has 0 radical (unpaired) electrons. The standard InChI is InChI=1S/C16H23NO3S/c1-3-7-13(18)17-15-14(16(19)20-10-4-2)11-8-5-6-9-12(11)21-15/h3-10H2,1-2H3,(H,17,18). The van der Waals surface area contributed by atoms with Crippen LogP contribution in [-0.4, -0.2) is 18.5 Å². The van der Waals surface area contributed by atoms with Gasteiger partial charge in [-0.1, -0.05) is 13.8 Å². The summed E-state index contributed by atoms with van der Waals surface area (Å²) in [5.74, 6) is -0.316. The van der Waals surface area contributed by atoms with Crippen molar-refractivity contribution in [1.29, 1.82) is 0 Å². The molecule has 1 aliphatic carbocycles. The first-order chi connectivity index (χ1) is 10.2. The lowest BCUT2D eigenvalue weighted by Crippen LogP contribution is -2.15. The molecule has 1 N–H and O–H groups in total. The van der Waals surface area contributed by atoms with Crippen molar-refractivity contribution < 1.29 is 14.3 Å². The Kier molecular flexibility index (Phi) is 5.79. The van der Waals surface area contributed by atoms with Crippen molar-refractivity contribution in [2.24, 2.45) is 0 Å². The van der Waals surface area contributed by atoms with Crippen LogP contribution in [-0.2, 0) is 22.4 Å². The van der Waals surface area contributed by atoms with E-state index in [-0.39, 0.29) is 11.9 Å². The Morgan fingerprint density at radius 1 is 1.19 bits per heavy atom. The van der Waals surface area contributed by atoms with Crippen LogP contribution in [0.25, 0.3) is 0 Å². The maximum absolute atomic E-state index is 12.3. The van der Waals surface area contributed by atoms with E-state index in [1.54, 1.807) is 11.3 Å². The van der Waals surface area contributed by atoms with E-state index >= 15 is 0 Å². The van der Waals surface area contributed by atoms with Crippen molar-refractivity contribution in [3.8, 4) is 0 Å². The third kappa shape index (κ3) is 3.84. The Labute approximate surface area is 129 Å². The minimum Gasteiger partial charge on any atom is -0.462 e. The monoisotopic (exact) mass is 309 g/mol. The summed E-state index contributed by atoms with van der Waals surface area (Å²) in [7, 11) is 0. The molecule has 0 saturated heterocycles. The average Bonchev–Trinajstić information content (AvgIpc) is 2.82. The topological polar surface area (TPSA) is 55.4 Å². The van der Waals surface area contributed by atoms with Crippen LogP contribution in [0.3, 0.4) is 0 Å². The van der Waals surface area contributed by atoms with Gasteiger partial charge in [-0.3, -0.25) is 4.79 Å². The molecule has 0 fully saturated rings. The van der Waals surface area contributed by atoms with E-state index in [1.807, 2.05) is 13.8 Å². The molecule has 1 heterocycles. The normalized spacial score (nSPS) is 13.6. The van der Waals surface area contributed by atoms with E-state index in [2.05, 4.69) is 5.32 Å². The van der Waals surface area contributed by atoms with Crippen LogP contribution in [0.15, 0.2) is 0 Å². The SMILES string of the molecule is CCCOC(=O)c1c(NC(=O)CCC)sc2c1CCCC2. The van der Waals surface area contributed by atoms with E-state index in [4.69, 9.17) is 4.74 Å². The zero-order valence-corrected chi connectivity index (χ0v) is 13.6. The molecule has 21 heavy (non-hydrogen) atoms. The molecule has 116 valence electrons. The molecular weight excluding hydrogens is 286 g/mol. The summed E-state index contributed by atoms with van der Waals surface area (Å²) in [5, 5.41) is 3.59. The number of thiophene rings is 1. The number of anilines is 1. The number of aryl methyl sites for hydroxylation is 1. The van der Waals surface area contributed by atoms with Crippen molar-refractivity contribution in [2.75, 3.05) is 11.9 Å². The fourth-order valence-corrected chi connectivity index (χ4v) is 3.85. The number of carbonyl (C=O) groups excluding carboxylic acids is 2. The summed E-state index contributed by atoms with van der Waals surface area (Å²) in [6.45, 7) is 4.36. The number of hydrogen-bond donors (Lipinski definition) is 1. The third-order valence-electron chi connectivity index (χ3n) is 3.54. The first kappa shape index (κ1) is 16.0. The molecule has 2 rings (SSSR count). The second-order valence-corrected chi connectivity index (χ2v) is 6.45. The molecule has 0 atom stereocenters. The predicted octanol–water partition coefficient (Wildman–Crippen LogP) is 3.93. The number of ether oxygens (including phenoxy) is 1. The highest BCUT2D eigenvalue weighted by Crippen LogP contribution is 2.38. The van der Waals surface area contributed by atoms with Gasteiger partial charge in [0.15, 0.2) is 0 Å². The Morgan fingerprint density at radius 3 is 2.67 bits per heavy atom. The zero-order valence-electron chi connectivity index (χ0n) is 12.8. The maximum atomic E-state index is 12.3. The van der Waals surface area contributed by atoms with Gasteiger partial charge in [0, 0.05) is 11.3 Å². The van der Waals surface area contributed by atoms with Gasteiger partial charge in [0.2, 0.25) is 5.91 Å². The number of fused-ring (bicyclic) bond motifs is 1. The Bertz CT molecular complexity index is 522. The summed E-state index contributed by atoms with van der Waals surface area (Å²) in [6.07, 6.45) is 6.23. The molecule has 0 aliphatic heterocycles. The Balaban J connectivity index is 2.27. The van der Waals surface area contributed by atoms with Crippen LogP contribution < -0.4 is 5.32 Å². The Hall–Kier alpha value is -1.36. The first-order valence-electron chi connectivity index (χ1n) is 7.78. The zero-order chi connectivity index (χ0) is 15.2. The lowest BCUT2D eigenvalue weighted by Gasteiger charge is -2.12. The van der Waals surface area contributed by atoms with Crippen LogP contribution >= 0.6 is 11.3 Å². The molecule has 0 saturated carbocycles. The van der Waals surface area contributed by atoms with E-state index in [0.717, 1.165) is 44.1 Å². The van der Waals surface area contributed by atoms with Gasteiger partial charge in [0.05, 0.1) is 12.2 Å². The van der Waals surface area contributed by atoms with Crippen LogP contribution in [0.2, 0.25) is 0 Å². The molecular formula is C16H23NO3S. The molecule has 1 aromatic heterocycles. The van der Waals surface area contributed by atoms with Crippen LogP contribution in [0.4, 0.5) is 5.00 Å². The number of amides is 1. The van der Waals surface area contributed by atoms with E-state index < -0.39 is 0 Å². The van der Waals surface area contributed by atoms with Crippen molar-refractivity contribution in [3.63, 3.8) is 0 Å². The van der Waals surface area contributed by atoms with E-state index in [0.29, 0.717) is 23.6 Å². The third-order valence-corrected chi connectivity index (χ3v) is 4.75. The molecule has 4 nitrogen and oxygen atoms in total.